The van der Waals surface area contributed by atoms with Crippen molar-refractivity contribution in [1.82, 2.24) is 14.8 Å². The summed E-state index contributed by atoms with van der Waals surface area (Å²) in [5.74, 6) is 0.602. The molecule has 0 aliphatic heterocycles. The quantitative estimate of drug-likeness (QED) is 0.589. The van der Waals surface area contributed by atoms with Crippen LogP contribution in [0.5, 0.6) is 0 Å². The molecule has 23 heavy (non-hydrogen) atoms. The van der Waals surface area contributed by atoms with Crippen molar-refractivity contribution >= 4 is 21.4 Å². The molecule has 0 unspecified atom stereocenters. The highest BCUT2D eigenvalue weighted by atomic mass is 32.2. The summed E-state index contributed by atoms with van der Waals surface area (Å²) in [4.78, 5) is 10.1. The first-order valence-electron chi connectivity index (χ1n) is 6.63. The van der Waals surface area contributed by atoms with Crippen molar-refractivity contribution < 1.29 is 13.3 Å². The van der Waals surface area contributed by atoms with E-state index in [-0.39, 0.29) is 28.9 Å². The molecule has 0 saturated heterocycles. The van der Waals surface area contributed by atoms with Crippen LogP contribution >= 0.6 is 0 Å². The minimum absolute atomic E-state index is 0.140. The Kier molecular flexibility index (Phi) is 4.61. The Labute approximate surface area is 132 Å². The number of nitro groups is 1. The number of benzene rings is 1. The van der Waals surface area contributed by atoms with Crippen molar-refractivity contribution in [2.45, 2.75) is 31.3 Å². The number of nitrogens with zero attached hydrogens (tertiary/aromatic N) is 4. The van der Waals surface area contributed by atoms with Crippen LogP contribution in [0.4, 0.5) is 11.4 Å². The van der Waals surface area contributed by atoms with Crippen LogP contribution in [0.15, 0.2) is 29.4 Å². The highest BCUT2D eigenvalue weighted by Gasteiger charge is 2.19. The van der Waals surface area contributed by atoms with Gasteiger partial charge in [0.2, 0.25) is 10.0 Å². The van der Waals surface area contributed by atoms with Crippen LogP contribution < -0.4 is 10.5 Å². The lowest BCUT2D eigenvalue weighted by Crippen LogP contribution is -2.14. The first-order valence-corrected chi connectivity index (χ1v) is 8.18. The van der Waals surface area contributed by atoms with Crippen LogP contribution in [0.25, 0.3) is 0 Å². The van der Waals surface area contributed by atoms with Crippen LogP contribution in [-0.2, 0) is 16.6 Å². The average molecular weight is 340 g/mol. The van der Waals surface area contributed by atoms with Crippen LogP contribution in [0.1, 0.15) is 25.7 Å². The Balaban J connectivity index is 2.29. The van der Waals surface area contributed by atoms with Gasteiger partial charge >= 0.3 is 0 Å². The summed E-state index contributed by atoms with van der Waals surface area (Å²) >= 11 is 0. The standard InChI is InChI=1S/C12H16N6O4S/c1-8(2)17-7-15-16-12(17)6-14-10-4-3-9(23(13,21)22)5-11(10)18(19)20/h3-5,7-8,14H,6H2,1-2H3,(H2,13,21,22). The van der Waals surface area contributed by atoms with E-state index in [1.165, 1.54) is 12.1 Å². The van der Waals surface area contributed by atoms with E-state index in [0.717, 1.165) is 6.07 Å². The lowest BCUT2D eigenvalue weighted by atomic mass is 10.2. The number of nitro benzene ring substituents is 1. The lowest BCUT2D eigenvalue weighted by molar-refractivity contribution is -0.384. The number of nitrogens with two attached hydrogens (primary N) is 1. The maximum absolute atomic E-state index is 11.3. The van der Waals surface area contributed by atoms with E-state index in [9.17, 15) is 18.5 Å². The van der Waals surface area contributed by atoms with Crippen LogP contribution in [0, 0.1) is 10.1 Å². The minimum Gasteiger partial charge on any atom is -0.372 e. The van der Waals surface area contributed by atoms with Crippen LogP contribution in [0.2, 0.25) is 0 Å². The average Bonchev–Trinajstić information content (AvgIpc) is 2.92. The van der Waals surface area contributed by atoms with Gasteiger partial charge in [-0.05, 0) is 26.0 Å². The molecule has 3 N–H and O–H groups in total. The molecule has 0 bridgehead atoms. The van der Waals surface area contributed by atoms with E-state index in [1.807, 2.05) is 18.4 Å². The Morgan fingerprint density at radius 3 is 2.70 bits per heavy atom. The first-order chi connectivity index (χ1) is 10.7. The van der Waals surface area contributed by atoms with Gasteiger partial charge in [0, 0.05) is 12.1 Å². The van der Waals surface area contributed by atoms with Gasteiger partial charge in [0.25, 0.3) is 5.69 Å². The second-order valence-electron chi connectivity index (χ2n) is 5.08. The van der Waals surface area contributed by atoms with E-state index in [4.69, 9.17) is 5.14 Å². The Morgan fingerprint density at radius 1 is 1.43 bits per heavy atom. The molecule has 0 aliphatic rings. The maximum atomic E-state index is 11.3. The summed E-state index contributed by atoms with van der Waals surface area (Å²) < 4.78 is 24.4. The normalized spacial score (nSPS) is 11.7. The van der Waals surface area contributed by atoms with E-state index in [2.05, 4.69) is 15.5 Å². The zero-order valence-corrected chi connectivity index (χ0v) is 13.3. The van der Waals surface area contributed by atoms with Gasteiger partial charge in [-0.1, -0.05) is 0 Å². The predicted octanol–water partition coefficient (Wildman–Crippen LogP) is 1.03. The van der Waals surface area contributed by atoms with Gasteiger partial charge in [-0.2, -0.15) is 0 Å². The fourth-order valence-corrected chi connectivity index (χ4v) is 2.52. The van der Waals surface area contributed by atoms with Crippen molar-refractivity contribution in [3.63, 3.8) is 0 Å². The molecule has 2 rings (SSSR count). The number of anilines is 1. The summed E-state index contributed by atoms with van der Waals surface area (Å²) in [6.07, 6.45) is 1.57. The third kappa shape index (κ3) is 3.81. The van der Waals surface area contributed by atoms with Crippen molar-refractivity contribution in [2.24, 2.45) is 5.14 Å². The summed E-state index contributed by atoms with van der Waals surface area (Å²) in [6.45, 7) is 4.11. The van der Waals surface area contributed by atoms with E-state index in [1.54, 1.807) is 6.33 Å². The lowest BCUT2D eigenvalue weighted by Gasteiger charge is -2.11. The van der Waals surface area contributed by atoms with Gasteiger partial charge in [-0.3, -0.25) is 10.1 Å². The molecule has 1 aromatic carbocycles. The van der Waals surface area contributed by atoms with E-state index in [0.29, 0.717) is 5.82 Å². The first kappa shape index (κ1) is 16.8. The SMILES string of the molecule is CC(C)n1cnnc1CNc1ccc(S(N)(=O)=O)cc1[N+](=O)[O-]. The smallest absolute Gasteiger partial charge is 0.293 e. The molecule has 2 aromatic rings. The summed E-state index contributed by atoms with van der Waals surface area (Å²) in [5, 5.41) is 26.7. The number of hydrogen-bond acceptors (Lipinski definition) is 7. The molecule has 0 amide bonds. The molecule has 0 aliphatic carbocycles. The maximum Gasteiger partial charge on any atom is 0.293 e. The number of sulfonamides is 1. The number of hydrogen-bond donors (Lipinski definition) is 2. The zero-order valence-electron chi connectivity index (χ0n) is 12.5. The monoisotopic (exact) mass is 340 g/mol. The van der Waals surface area contributed by atoms with Gasteiger partial charge in [0.15, 0.2) is 5.82 Å². The third-order valence-corrected chi connectivity index (χ3v) is 4.05. The Morgan fingerprint density at radius 2 is 2.13 bits per heavy atom. The second kappa shape index (κ2) is 6.30. The van der Waals surface area contributed by atoms with E-state index >= 15 is 0 Å². The highest BCUT2D eigenvalue weighted by molar-refractivity contribution is 7.89. The van der Waals surface area contributed by atoms with Gasteiger partial charge in [-0.15, -0.1) is 10.2 Å². The molecule has 0 fully saturated rings. The van der Waals surface area contributed by atoms with Crippen LogP contribution in [-0.4, -0.2) is 28.1 Å². The fraction of sp³-hybridized carbons (Fsp3) is 0.333. The second-order valence-corrected chi connectivity index (χ2v) is 6.64. The number of primary sulfonamides is 1. The Bertz CT molecular complexity index is 830. The topological polar surface area (TPSA) is 146 Å². The van der Waals surface area contributed by atoms with Crippen molar-refractivity contribution in [2.75, 3.05) is 5.32 Å². The minimum atomic E-state index is -4.01. The van der Waals surface area contributed by atoms with Crippen molar-refractivity contribution in [3.05, 3.63) is 40.5 Å². The van der Waals surface area contributed by atoms with Crippen LogP contribution in [0.3, 0.4) is 0 Å². The molecule has 1 heterocycles. The van der Waals surface area contributed by atoms with Gasteiger partial charge in [-0.25, -0.2) is 13.6 Å². The molecular formula is C12H16N6O4S. The number of nitrogens with one attached hydrogen (secondary N) is 1. The van der Waals surface area contributed by atoms with Crippen molar-refractivity contribution in [3.8, 4) is 0 Å². The zero-order chi connectivity index (χ0) is 17.2. The van der Waals surface area contributed by atoms with Gasteiger partial charge in [0.05, 0.1) is 16.4 Å². The Hall–Kier alpha value is -2.53. The molecule has 124 valence electrons. The predicted molar refractivity (Wildman–Crippen MR) is 82.2 cm³/mol. The summed E-state index contributed by atoms with van der Waals surface area (Å²) in [6, 6.07) is 3.57. The molecule has 10 nitrogen and oxygen atoms in total. The third-order valence-electron chi connectivity index (χ3n) is 3.13. The number of aromatic nitrogens is 3. The van der Waals surface area contributed by atoms with Gasteiger partial charge < -0.3 is 9.88 Å². The van der Waals surface area contributed by atoms with Gasteiger partial charge in [0.1, 0.15) is 12.0 Å². The molecule has 0 saturated carbocycles. The molecular weight excluding hydrogens is 324 g/mol. The summed E-state index contributed by atoms with van der Waals surface area (Å²) in [5.41, 5.74) is -0.215. The molecule has 0 spiro atoms. The highest BCUT2D eigenvalue weighted by Crippen LogP contribution is 2.27. The summed E-state index contributed by atoms with van der Waals surface area (Å²) in [7, 11) is -4.01. The molecule has 0 atom stereocenters. The molecule has 11 heteroatoms. The van der Waals surface area contributed by atoms with Crippen molar-refractivity contribution in [1.29, 1.82) is 0 Å². The molecule has 0 radical (unpaired) electrons. The largest absolute Gasteiger partial charge is 0.372 e. The van der Waals surface area contributed by atoms with E-state index < -0.39 is 14.9 Å². The fourth-order valence-electron chi connectivity index (χ4n) is 1.99. The number of rotatable bonds is 6. The molecule has 1 aromatic heterocycles.